The molecule has 5 nitrogen and oxygen atoms in total. The predicted octanol–water partition coefficient (Wildman–Crippen LogP) is 4.89. The molecule has 0 aliphatic carbocycles. The Morgan fingerprint density at radius 2 is 1.61 bits per heavy atom. The molecule has 0 atom stereocenters. The van der Waals surface area contributed by atoms with Crippen molar-refractivity contribution >= 4 is 43.2 Å². The third-order valence-corrected chi connectivity index (χ3v) is 8.12. The third kappa shape index (κ3) is 4.60. The van der Waals surface area contributed by atoms with Gasteiger partial charge in [0.1, 0.15) is 0 Å². The second-order valence-electron chi connectivity index (χ2n) is 7.46. The predicted molar refractivity (Wildman–Crippen MR) is 126 cm³/mol. The number of hydrogen-bond acceptors (Lipinski definition) is 4. The maximum absolute atomic E-state index is 13.1. The van der Waals surface area contributed by atoms with E-state index in [1.807, 2.05) is 43.3 Å². The van der Waals surface area contributed by atoms with Crippen molar-refractivity contribution in [2.24, 2.45) is 0 Å². The number of aryl methyl sites for hydroxylation is 1. The average Bonchev–Trinajstić information content (AvgIpc) is 3.05. The lowest BCUT2D eigenvalue weighted by atomic mass is 10.1. The molecular weight excluding hydrogens is 452 g/mol. The van der Waals surface area contributed by atoms with Crippen LogP contribution in [-0.2, 0) is 23.1 Å². The zero-order valence-corrected chi connectivity index (χ0v) is 19.5. The number of sulfonamides is 1. The van der Waals surface area contributed by atoms with Gasteiger partial charge in [-0.2, -0.15) is 4.31 Å². The van der Waals surface area contributed by atoms with E-state index in [2.05, 4.69) is 0 Å². The highest BCUT2D eigenvalue weighted by Gasteiger charge is 2.22. The van der Waals surface area contributed by atoms with Crippen molar-refractivity contribution in [2.45, 2.75) is 24.9 Å². The number of halogens is 1. The fourth-order valence-corrected chi connectivity index (χ4v) is 5.66. The largest absolute Gasteiger partial charge is 0.308 e. The Morgan fingerprint density at radius 3 is 2.29 bits per heavy atom. The van der Waals surface area contributed by atoms with Crippen molar-refractivity contribution in [2.75, 3.05) is 7.05 Å². The van der Waals surface area contributed by atoms with Gasteiger partial charge in [0.2, 0.25) is 10.0 Å². The summed E-state index contributed by atoms with van der Waals surface area (Å²) in [6.07, 6.45) is 0. The molecule has 0 aliphatic heterocycles. The summed E-state index contributed by atoms with van der Waals surface area (Å²) in [4.78, 5) is 12.6. The summed E-state index contributed by atoms with van der Waals surface area (Å²) >= 11 is 6.98. The minimum Gasteiger partial charge on any atom is -0.294 e. The Bertz CT molecular complexity index is 1390. The Kier molecular flexibility index (Phi) is 6.03. The first-order valence-electron chi connectivity index (χ1n) is 9.64. The Balaban J connectivity index is 1.63. The maximum Gasteiger partial charge on any atom is 0.308 e. The molecule has 160 valence electrons. The Labute approximate surface area is 190 Å². The molecule has 3 aromatic carbocycles. The molecule has 0 aliphatic rings. The number of hydrogen-bond donors (Lipinski definition) is 0. The molecule has 0 saturated heterocycles. The third-order valence-electron chi connectivity index (χ3n) is 5.13. The highest BCUT2D eigenvalue weighted by Crippen LogP contribution is 2.25. The van der Waals surface area contributed by atoms with Gasteiger partial charge >= 0.3 is 4.87 Å². The number of rotatable bonds is 6. The minimum absolute atomic E-state index is 0.132. The average molecular weight is 473 g/mol. The van der Waals surface area contributed by atoms with E-state index in [4.69, 9.17) is 11.6 Å². The molecule has 0 spiro atoms. The molecule has 0 N–H and O–H groups in total. The number of nitrogens with zero attached hydrogens (tertiary/aromatic N) is 2. The molecule has 0 bridgehead atoms. The minimum atomic E-state index is -3.69. The summed E-state index contributed by atoms with van der Waals surface area (Å²) in [6.45, 7) is 2.66. The number of fused-ring (bicyclic) bond motifs is 1. The van der Waals surface area contributed by atoms with E-state index in [-0.39, 0.29) is 16.3 Å². The number of aromatic nitrogens is 1. The van der Waals surface area contributed by atoms with Crippen molar-refractivity contribution < 1.29 is 8.42 Å². The molecule has 0 unspecified atom stereocenters. The molecular formula is C23H21ClN2O3S2. The Hall–Kier alpha value is -2.45. The maximum atomic E-state index is 13.1. The van der Waals surface area contributed by atoms with Crippen LogP contribution >= 0.6 is 22.9 Å². The molecule has 0 radical (unpaired) electrons. The van der Waals surface area contributed by atoms with E-state index in [1.54, 1.807) is 41.9 Å². The summed E-state index contributed by atoms with van der Waals surface area (Å²) < 4.78 is 29.8. The second-order valence-corrected chi connectivity index (χ2v) is 10.9. The molecule has 0 amide bonds. The van der Waals surface area contributed by atoms with E-state index in [0.717, 1.165) is 28.0 Å². The lowest BCUT2D eigenvalue weighted by molar-refractivity contribution is 0.467. The standard InChI is InChI=1S/C23H21ClN2O3S2/c1-16-3-5-17(6-4-16)14-25(2)31(28,29)20-11-12-21-22(13-20)30-23(27)26(21)15-18-7-9-19(24)10-8-18/h3-13H,14-15H2,1-2H3. The van der Waals surface area contributed by atoms with E-state index < -0.39 is 10.0 Å². The normalized spacial score (nSPS) is 12.0. The molecule has 4 rings (SSSR count). The molecule has 0 fully saturated rings. The molecule has 31 heavy (non-hydrogen) atoms. The number of benzene rings is 3. The van der Waals surface area contributed by atoms with Gasteiger partial charge in [0, 0.05) is 18.6 Å². The van der Waals surface area contributed by atoms with Crippen LogP contribution in [0.2, 0.25) is 5.02 Å². The van der Waals surface area contributed by atoms with Gasteiger partial charge in [-0.05, 0) is 48.4 Å². The van der Waals surface area contributed by atoms with Gasteiger partial charge in [-0.3, -0.25) is 9.36 Å². The van der Waals surface area contributed by atoms with Crippen molar-refractivity contribution in [3.63, 3.8) is 0 Å². The van der Waals surface area contributed by atoms with Gasteiger partial charge in [-0.1, -0.05) is 64.9 Å². The molecule has 1 heterocycles. The van der Waals surface area contributed by atoms with Crippen molar-refractivity contribution in [3.05, 3.63) is 98.1 Å². The van der Waals surface area contributed by atoms with Gasteiger partial charge in [-0.25, -0.2) is 8.42 Å². The first-order chi connectivity index (χ1) is 14.7. The molecule has 4 aromatic rings. The summed E-state index contributed by atoms with van der Waals surface area (Å²) in [5, 5.41) is 0.635. The zero-order valence-electron chi connectivity index (χ0n) is 17.1. The SMILES string of the molecule is Cc1ccc(CN(C)S(=O)(=O)c2ccc3c(c2)sc(=O)n3Cc2ccc(Cl)cc2)cc1. The van der Waals surface area contributed by atoms with Gasteiger partial charge in [0.05, 0.1) is 21.7 Å². The first-order valence-corrected chi connectivity index (χ1v) is 12.3. The zero-order chi connectivity index (χ0) is 22.2. The van der Waals surface area contributed by atoms with Crippen LogP contribution in [0.5, 0.6) is 0 Å². The molecule has 1 aromatic heterocycles. The van der Waals surface area contributed by atoms with Crippen LogP contribution in [0.25, 0.3) is 10.2 Å². The highest BCUT2D eigenvalue weighted by molar-refractivity contribution is 7.89. The van der Waals surface area contributed by atoms with Gasteiger partial charge in [0.15, 0.2) is 0 Å². The van der Waals surface area contributed by atoms with Crippen molar-refractivity contribution in [3.8, 4) is 0 Å². The van der Waals surface area contributed by atoms with Crippen LogP contribution in [0.3, 0.4) is 0 Å². The Morgan fingerprint density at radius 1 is 0.968 bits per heavy atom. The fraction of sp³-hybridized carbons (Fsp3) is 0.174. The lowest BCUT2D eigenvalue weighted by Gasteiger charge is -2.17. The van der Waals surface area contributed by atoms with E-state index in [0.29, 0.717) is 21.8 Å². The van der Waals surface area contributed by atoms with E-state index in [9.17, 15) is 13.2 Å². The summed E-state index contributed by atoms with van der Waals surface area (Å²) in [6, 6.07) is 19.9. The molecule has 0 saturated carbocycles. The first kappa shape index (κ1) is 21.8. The summed E-state index contributed by atoms with van der Waals surface area (Å²) in [7, 11) is -2.13. The van der Waals surface area contributed by atoms with Gasteiger partial charge < -0.3 is 0 Å². The van der Waals surface area contributed by atoms with Crippen molar-refractivity contribution in [1.29, 1.82) is 0 Å². The van der Waals surface area contributed by atoms with Crippen LogP contribution in [-0.4, -0.2) is 24.3 Å². The van der Waals surface area contributed by atoms with Crippen LogP contribution < -0.4 is 4.87 Å². The van der Waals surface area contributed by atoms with E-state index >= 15 is 0 Å². The topological polar surface area (TPSA) is 59.4 Å². The summed E-state index contributed by atoms with van der Waals surface area (Å²) in [5.74, 6) is 0. The van der Waals surface area contributed by atoms with E-state index in [1.165, 1.54) is 4.31 Å². The monoisotopic (exact) mass is 472 g/mol. The van der Waals surface area contributed by atoms with Gasteiger partial charge in [0.25, 0.3) is 0 Å². The van der Waals surface area contributed by atoms with Crippen LogP contribution in [0.1, 0.15) is 16.7 Å². The molecule has 8 heteroatoms. The van der Waals surface area contributed by atoms with Crippen molar-refractivity contribution in [1.82, 2.24) is 8.87 Å². The van der Waals surface area contributed by atoms with Crippen LogP contribution in [0.4, 0.5) is 0 Å². The quantitative estimate of drug-likeness (QED) is 0.401. The second kappa shape index (κ2) is 8.59. The lowest BCUT2D eigenvalue weighted by Crippen LogP contribution is -2.26. The van der Waals surface area contributed by atoms with Crippen LogP contribution in [0.15, 0.2) is 76.4 Å². The number of thiazole rings is 1. The fourth-order valence-electron chi connectivity index (χ4n) is 3.34. The smallest absolute Gasteiger partial charge is 0.294 e. The van der Waals surface area contributed by atoms with Gasteiger partial charge in [-0.15, -0.1) is 0 Å². The highest BCUT2D eigenvalue weighted by atomic mass is 35.5. The summed E-state index contributed by atoms with van der Waals surface area (Å²) in [5.41, 5.74) is 3.69. The van der Waals surface area contributed by atoms with Crippen LogP contribution in [0, 0.1) is 6.92 Å².